The van der Waals surface area contributed by atoms with Gasteiger partial charge in [0.15, 0.2) is 0 Å². The van der Waals surface area contributed by atoms with Crippen LogP contribution in [-0.4, -0.2) is 70.6 Å². The highest BCUT2D eigenvalue weighted by Gasteiger charge is 2.47. The summed E-state index contributed by atoms with van der Waals surface area (Å²) in [6, 6.07) is 27.1. The Morgan fingerprint density at radius 1 is 0.892 bits per heavy atom. The molecule has 7 nitrogen and oxygen atoms in total. The van der Waals surface area contributed by atoms with Crippen LogP contribution in [0.15, 0.2) is 91.0 Å². The first-order valence-electron chi connectivity index (χ1n) is 12.6. The number of hydrogen-bond acceptors (Lipinski definition) is 4. The molecular formula is C30H30N2O5. The number of rotatable bonds is 7. The van der Waals surface area contributed by atoms with Crippen molar-refractivity contribution < 1.29 is 24.2 Å². The number of nitrogens with zero attached hydrogens (tertiary/aromatic N) is 2. The first kappa shape index (κ1) is 24.7. The van der Waals surface area contributed by atoms with Crippen molar-refractivity contribution in [2.45, 2.75) is 36.9 Å². The van der Waals surface area contributed by atoms with E-state index in [2.05, 4.69) is 0 Å². The van der Waals surface area contributed by atoms with Gasteiger partial charge in [0.05, 0.1) is 24.6 Å². The molecule has 0 aliphatic carbocycles. The fourth-order valence-electron chi connectivity index (χ4n) is 5.61. The molecule has 3 unspecified atom stereocenters. The standard InChI is InChI=1S/C30H30N2O5/c33-27-20-37-19-25(16-21-10-4-1-5-11-21)32(27)24-17-26(30(35)36)31(18-24)29(34)28(22-12-6-2-7-13-22)23-14-8-3-9-15-23/h1-15,24-26,28H,16-20H2,(H,35,36). The Balaban J connectivity index is 1.44. The Kier molecular flexibility index (Phi) is 7.32. The summed E-state index contributed by atoms with van der Waals surface area (Å²) in [5.41, 5.74) is 2.68. The molecule has 2 fully saturated rings. The van der Waals surface area contributed by atoms with E-state index in [0.717, 1.165) is 16.7 Å². The second kappa shape index (κ2) is 11.0. The predicted molar refractivity (Wildman–Crippen MR) is 138 cm³/mol. The van der Waals surface area contributed by atoms with Gasteiger partial charge >= 0.3 is 5.97 Å². The second-order valence-electron chi connectivity index (χ2n) is 9.65. The molecule has 0 bridgehead atoms. The van der Waals surface area contributed by atoms with Crippen molar-refractivity contribution in [3.63, 3.8) is 0 Å². The van der Waals surface area contributed by atoms with E-state index in [1.807, 2.05) is 91.0 Å². The molecule has 5 rings (SSSR count). The highest BCUT2D eigenvalue weighted by atomic mass is 16.5. The topological polar surface area (TPSA) is 87.2 Å². The molecule has 3 atom stereocenters. The molecule has 2 saturated heterocycles. The Morgan fingerprint density at radius 2 is 1.46 bits per heavy atom. The van der Waals surface area contributed by atoms with Crippen LogP contribution in [0, 0.1) is 0 Å². The number of carboxylic acids is 1. The van der Waals surface area contributed by atoms with E-state index >= 15 is 0 Å². The average Bonchev–Trinajstić information content (AvgIpc) is 3.36. The summed E-state index contributed by atoms with van der Waals surface area (Å²) < 4.78 is 5.57. The number of hydrogen-bond donors (Lipinski definition) is 1. The van der Waals surface area contributed by atoms with Gasteiger partial charge in [-0.3, -0.25) is 9.59 Å². The van der Waals surface area contributed by atoms with E-state index in [0.29, 0.717) is 13.0 Å². The van der Waals surface area contributed by atoms with E-state index in [4.69, 9.17) is 4.74 Å². The number of carbonyl (C=O) groups excluding carboxylic acids is 2. The summed E-state index contributed by atoms with van der Waals surface area (Å²) >= 11 is 0. The van der Waals surface area contributed by atoms with E-state index < -0.39 is 24.0 Å². The Hall–Kier alpha value is -3.97. The molecule has 2 aliphatic heterocycles. The number of ether oxygens (including phenoxy) is 1. The first-order chi connectivity index (χ1) is 18.0. The lowest BCUT2D eigenvalue weighted by molar-refractivity contribution is -0.152. The van der Waals surface area contributed by atoms with Gasteiger partial charge in [-0.15, -0.1) is 0 Å². The second-order valence-corrected chi connectivity index (χ2v) is 9.65. The van der Waals surface area contributed by atoms with Crippen LogP contribution in [0.1, 0.15) is 29.0 Å². The smallest absolute Gasteiger partial charge is 0.326 e. The van der Waals surface area contributed by atoms with Gasteiger partial charge in [-0.1, -0.05) is 91.0 Å². The lowest BCUT2D eigenvalue weighted by Gasteiger charge is -2.39. The molecule has 37 heavy (non-hydrogen) atoms. The van der Waals surface area contributed by atoms with Crippen LogP contribution < -0.4 is 0 Å². The summed E-state index contributed by atoms with van der Waals surface area (Å²) in [7, 11) is 0. The normalized spacial score (nSPS) is 21.9. The number of aliphatic carboxylic acids is 1. The summed E-state index contributed by atoms with van der Waals surface area (Å²) in [4.78, 5) is 42.7. The maximum atomic E-state index is 14.1. The third-order valence-electron chi connectivity index (χ3n) is 7.28. The van der Waals surface area contributed by atoms with E-state index in [-0.39, 0.29) is 37.4 Å². The van der Waals surface area contributed by atoms with Crippen molar-refractivity contribution in [1.29, 1.82) is 0 Å². The molecule has 0 saturated carbocycles. The quantitative estimate of drug-likeness (QED) is 0.540. The molecule has 2 aliphatic rings. The highest BCUT2D eigenvalue weighted by molar-refractivity contribution is 5.91. The monoisotopic (exact) mass is 498 g/mol. The predicted octanol–water partition coefficient (Wildman–Crippen LogP) is 3.34. The zero-order valence-corrected chi connectivity index (χ0v) is 20.5. The minimum atomic E-state index is -1.06. The fourth-order valence-corrected chi connectivity index (χ4v) is 5.61. The van der Waals surface area contributed by atoms with Crippen LogP contribution in [0.4, 0.5) is 0 Å². The van der Waals surface area contributed by atoms with Gasteiger partial charge in [0.25, 0.3) is 0 Å². The minimum Gasteiger partial charge on any atom is -0.480 e. The van der Waals surface area contributed by atoms with Gasteiger partial charge in [-0.05, 0) is 23.1 Å². The van der Waals surface area contributed by atoms with Crippen LogP contribution in [0.3, 0.4) is 0 Å². The summed E-state index contributed by atoms with van der Waals surface area (Å²) in [5, 5.41) is 10.1. The molecule has 0 aromatic heterocycles. The Morgan fingerprint density at radius 3 is 2.03 bits per heavy atom. The molecule has 0 radical (unpaired) electrons. The molecule has 7 heteroatoms. The minimum absolute atomic E-state index is 0.0376. The molecule has 2 amide bonds. The maximum Gasteiger partial charge on any atom is 0.326 e. The van der Waals surface area contributed by atoms with Crippen molar-refractivity contribution in [3.8, 4) is 0 Å². The van der Waals surface area contributed by atoms with Crippen LogP contribution in [0.2, 0.25) is 0 Å². The van der Waals surface area contributed by atoms with Crippen LogP contribution in [0.25, 0.3) is 0 Å². The number of carbonyl (C=O) groups is 3. The SMILES string of the molecule is O=C(O)C1CC(N2C(=O)COCC2Cc2ccccc2)CN1C(=O)C(c1ccccc1)c1ccccc1. The zero-order valence-electron chi connectivity index (χ0n) is 20.5. The lowest BCUT2D eigenvalue weighted by Crippen LogP contribution is -2.56. The molecule has 0 spiro atoms. The van der Waals surface area contributed by atoms with Crippen LogP contribution >= 0.6 is 0 Å². The highest BCUT2D eigenvalue weighted by Crippen LogP contribution is 2.33. The molecule has 3 aromatic rings. The van der Waals surface area contributed by atoms with Crippen molar-refractivity contribution in [1.82, 2.24) is 9.80 Å². The van der Waals surface area contributed by atoms with E-state index in [9.17, 15) is 19.5 Å². The molecular weight excluding hydrogens is 468 g/mol. The van der Waals surface area contributed by atoms with E-state index in [1.54, 1.807) is 4.90 Å². The van der Waals surface area contributed by atoms with Gasteiger partial charge in [-0.2, -0.15) is 0 Å². The Bertz CT molecular complexity index is 1200. The Labute approximate surface area is 216 Å². The zero-order chi connectivity index (χ0) is 25.8. The molecule has 2 heterocycles. The van der Waals surface area contributed by atoms with E-state index in [1.165, 1.54) is 4.90 Å². The van der Waals surface area contributed by atoms with Gasteiger partial charge in [0.1, 0.15) is 12.6 Å². The van der Waals surface area contributed by atoms with Gasteiger partial charge < -0.3 is 19.6 Å². The van der Waals surface area contributed by atoms with Crippen LogP contribution in [0.5, 0.6) is 0 Å². The molecule has 3 aromatic carbocycles. The summed E-state index contributed by atoms with van der Waals surface area (Å²) in [5.74, 6) is -2.13. The first-order valence-corrected chi connectivity index (χ1v) is 12.6. The maximum absolute atomic E-state index is 14.1. The average molecular weight is 499 g/mol. The van der Waals surface area contributed by atoms with Crippen molar-refractivity contribution >= 4 is 17.8 Å². The van der Waals surface area contributed by atoms with Crippen molar-refractivity contribution in [2.75, 3.05) is 19.8 Å². The number of amides is 2. The largest absolute Gasteiger partial charge is 0.480 e. The molecule has 190 valence electrons. The third-order valence-corrected chi connectivity index (χ3v) is 7.28. The number of morpholine rings is 1. The molecule has 1 N–H and O–H groups in total. The summed E-state index contributed by atoms with van der Waals surface area (Å²) in [6.07, 6.45) is 0.791. The number of benzene rings is 3. The van der Waals surface area contributed by atoms with Crippen LogP contribution in [-0.2, 0) is 25.5 Å². The third kappa shape index (κ3) is 5.27. The van der Waals surface area contributed by atoms with Gasteiger partial charge in [0.2, 0.25) is 11.8 Å². The van der Waals surface area contributed by atoms with Crippen molar-refractivity contribution in [3.05, 3.63) is 108 Å². The number of likely N-dealkylation sites (tertiary alicyclic amines) is 1. The lowest BCUT2D eigenvalue weighted by atomic mass is 9.90. The van der Waals surface area contributed by atoms with Crippen molar-refractivity contribution in [2.24, 2.45) is 0 Å². The van der Waals surface area contributed by atoms with Gasteiger partial charge in [-0.25, -0.2) is 4.79 Å². The number of carboxylic acid groups (broad SMARTS) is 1. The van der Waals surface area contributed by atoms with Gasteiger partial charge in [0, 0.05) is 13.0 Å². The summed E-state index contributed by atoms with van der Waals surface area (Å²) in [6.45, 7) is 0.507. The fraction of sp³-hybridized carbons (Fsp3) is 0.300.